The second-order valence-electron chi connectivity index (χ2n) is 5.16. The molecule has 0 aromatic carbocycles. The third kappa shape index (κ3) is 3.06. The Kier molecular flexibility index (Phi) is 3.68. The number of pyridine rings is 1. The molecular weight excluding hydrogens is 285 g/mol. The van der Waals surface area contributed by atoms with Crippen LogP contribution in [0.15, 0.2) is 12.3 Å². The smallest absolute Gasteiger partial charge is 0.255 e. The van der Waals surface area contributed by atoms with Crippen molar-refractivity contribution in [1.82, 2.24) is 10.3 Å². The minimum absolute atomic E-state index is 0.0457. The van der Waals surface area contributed by atoms with Gasteiger partial charge in [0.1, 0.15) is 11.6 Å². The third-order valence-corrected chi connectivity index (χ3v) is 5.16. The van der Waals surface area contributed by atoms with Gasteiger partial charge in [-0.05, 0) is 19.4 Å². The zero-order valence-electron chi connectivity index (χ0n) is 11.2. The number of aromatic nitrogens is 1. The zero-order valence-corrected chi connectivity index (χ0v) is 12.1. The number of halogens is 1. The molecule has 1 saturated heterocycles. The number of amides is 1. The average Bonchev–Trinajstić information content (AvgIpc) is 2.63. The second-order valence-corrected chi connectivity index (χ2v) is 7.34. The van der Waals surface area contributed by atoms with Crippen molar-refractivity contribution in [2.24, 2.45) is 0 Å². The summed E-state index contributed by atoms with van der Waals surface area (Å²) in [5.41, 5.74) is -0.772. The minimum Gasteiger partial charge on any atom is -0.372 e. The molecule has 0 saturated carbocycles. The quantitative estimate of drug-likeness (QED) is 0.852. The van der Waals surface area contributed by atoms with Gasteiger partial charge in [0.2, 0.25) is 0 Å². The van der Waals surface area contributed by atoms with E-state index in [2.05, 4.69) is 15.6 Å². The van der Waals surface area contributed by atoms with Crippen LogP contribution in [0.1, 0.15) is 23.7 Å². The second kappa shape index (κ2) is 5.01. The first-order chi connectivity index (χ1) is 9.25. The molecule has 1 aliphatic heterocycles. The van der Waals surface area contributed by atoms with Crippen LogP contribution in [0.5, 0.6) is 0 Å². The topological polar surface area (TPSA) is 88.2 Å². The summed E-state index contributed by atoms with van der Waals surface area (Å²) in [5.74, 6) is -0.986. The molecular formula is C12H16FN3O3S. The Hall–Kier alpha value is -1.70. The fourth-order valence-electron chi connectivity index (χ4n) is 2.26. The summed E-state index contributed by atoms with van der Waals surface area (Å²) < 4.78 is 36.2. The number of hydrogen-bond donors (Lipinski definition) is 2. The summed E-state index contributed by atoms with van der Waals surface area (Å²) >= 11 is 0. The van der Waals surface area contributed by atoms with Crippen molar-refractivity contribution in [2.75, 3.05) is 23.9 Å². The number of nitrogens with zero attached hydrogens (tertiary/aromatic N) is 1. The van der Waals surface area contributed by atoms with E-state index >= 15 is 0 Å². The molecule has 0 radical (unpaired) electrons. The molecule has 2 heterocycles. The molecule has 2 rings (SSSR count). The summed E-state index contributed by atoms with van der Waals surface area (Å²) in [6, 6.07) is 1.07. The number of hydrogen-bond acceptors (Lipinski definition) is 5. The highest BCUT2D eigenvalue weighted by molar-refractivity contribution is 7.91. The summed E-state index contributed by atoms with van der Waals surface area (Å²) in [7, 11) is -1.56. The van der Waals surface area contributed by atoms with Gasteiger partial charge in [-0.3, -0.25) is 4.79 Å². The Labute approximate surface area is 116 Å². The van der Waals surface area contributed by atoms with Crippen LogP contribution in [0.4, 0.5) is 10.2 Å². The molecule has 110 valence electrons. The van der Waals surface area contributed by atoms with Crippen molar-refractivity contribution in [3.05, 3.63) is 23.6 Å². The molecule has 1 aliphatic rings. The first-order valence-electron chi connectivity index (χ1n) is 6.11. The van der Waals surface area contributed by atoms with Crippen LogP contribution in [0.25, 0.3) is 0 Å². The molecule has 1 fully saturated rings. The molecule has 1 unspecified atom stereocenters. The van der Waals surface area contributed by atoms with Crippen LogP contribution in [-0.4, -0.2) is 43.4 Å². The van der Waals surface area contributed by atoms with E-state index in [0.29, 0.717) is 6.42 Å². The maximum absolute atomic E-state index is 13.2. The molecule has 1 aromatic rings. The van der Waals surface area contributed by atoms with E-state index < -0.39 is 27.1 Å². The first kappa shape index (κ1) is 14.7. The van der Waals surface area contributed by atoms with E-state index in [1.165, 1.54) is 0 Å². The van der Waals surface area contributed by atoms with E-state index in [9.17, 15) is 17.6 Å². The summed E-state index contributed by atoms with van der Waals surface area (Å²) in [6.45, 7) is 1.67. The van der Waals surface area contributed by atoms with Crippen LogP contribution in [-0.2, 0) is 9.84 Å². The molecule has 6 nitrogen and oxygen atoms in total. The van der Waals surface area contributed by atoms with Gasteiger partial charge in [0.15, 0.2) is 9.84 Å². The molecule has 1 aromatic heterocycles. The molecule has 8 heteroatoms. The van der Waals surface area contributed by atoms with Gasteiger partial charge in [0.05, 0.1) is 28.8 Å². The van der Waals surface area contributed by atoms with Gasteiger partial charge in [-0.2, -0.15) is 0 Å². The Morgan fingerprint density at radius 3 is 2.75 bits per heavy atom. The lowest BCUT2D eigenvalue weighted by atomic mass is 10.0. The van der Waals surface area contributed by atoms with Crippen molar-refractivity contribution in [3.63, 3.8) is 0 Å². The number of anilines is 1. The Balaban J connectivity index is 2.23. The van der Waals surface area contributed by atoms with Gasteiger partial charge in [-0.25, -0.2) is 17.8 Å². The highest BCUT2D eigenvalue weighted by Crippen LogP contribution is 2.24. The van der Waals surface area contributed by atoms with Crippen molar-refractivity contribution < 1.29 is 17.6 Å². The maximum Gasteiger partial charge on any atom is 0.255 e. The van der Waals surface area contributed by atoms with Crippen LogP contribution in [0, 0.1) is 5.82 Å². The van der Waals surface area contributed by atoms with Crippen LogP contribution in [0.3, 0.4) is 0 Å². The van der Waals surface area contributed by atoms with Crippen LogP contribution >= 0.6 is 0 Å². The van der Waals surface area contributed by atoms with Gasteiger partial charge >= 0.3 is 0 Å². The van der Waals surface area contributed by atoms with Crippen LogP contribution in [0.2, 0.25) is 0 Å². The number of carbonyl (C=O) groups excluding carboxylic acids is 1. The van der Waals surface area contributed by atoms with Crippen molar-refractivity contribution in [2.45, 2.75) is 18.9 Å². The van der Waals surface area contributed by atoms with Gasteiger partial charge in [-0.15, -0.1) is 0 Å². The Morgan fingerprint density at radius 2 is 2.20 bits per heavy atom. The average molecular weight is 301 g/mol. The first-order valence-corrected chi connectivity index (χ1v) is 7.93. The summed E-state index contributed by atoms with van der Waals surface area (Å²) in [5, 5.41) is 5.36. The molecule has 1 amide bonds. The van der Waals surface area contributed by atoms with E-state index in [1.807, 2.05) is 0 Å². The monoisotopic (exact) mass is 301 g/mol. The van der Waals surface area contributed by atoms with E-state index in [1.54, 1.807) is 14.0 Å². The van der Waals surface area contributed by atoms with Gasteiger partial charge in [0.25, 0.3) is 5.91 Å². The number of sulfone groups is 1. The summed E-state index contributed by atoms with van der Waals surface area (Å²) in [4.78, 5) is 16.0. The van der Waals surface area contributed by atoms with Crippen molar-refractivity contribution in [1.29, 1.82) is 0 Å². The Morgan fingerprint density at radius 1 is 1.50 bits per heavy atom. The molecule has 0 aliphatic carbocycles. The molecule has 1 atom stereocenters. The number of nitrogens with one attached hydrogen (secondary N) is 2. The fraction of sp³-hybridized carbons (Fsp3) is 0.500. The lowest BCUT2D eigenvalue weighted by Crippen LogP contribution is -2.47. The lowest BCUT2D eigenvalue weighted by Gasteiger charge is -2.24. The van der Waals surface area contributed by atoms with Gasteiger partial charge < -0.3 is 10.6 Å². The molecule has 0 spiro atoms. The number of carbonyl (C=O) groups is 1. The lowest BCUT2D eigenvalue weighted by molar-refractivity contribution is 0.0915. The van der Waals surface area contributed by atoms with E-state index in [-0.39, 0.29) is 22.9 Å². The molecule has 2 N–H and O–H groups in total. The fourth-order valence-corrected chi connectivity index (χ4v) is 4.36. The SMILES string of the molecule is CNc1ncc(F)cc1C(=O)NC1(C)CCS(=O)(=O)C1. The largest absolute Gasteiger partial charge is 0.372 e. The zero-order chi connectivity index (χ0) is 15.0. The Bertz CT molecular complexity index is 647. The standard InChI is InChI=1S/C12H16FN3O3S/c1-12(3-4-20(18,19)7-12)16-11(17)9-5-8(13)6-15-10(9)14-2/h5-6H,3-4,7H2,1-2H3,(H,14,15)(H,16,17). The highest BCUT2D eigenvalue weighted by atomic mass is 32.2. The molecule has 20 heavy (non-hydrogen) atoms. The third-order valence-electron chi connectivity index (χ3n) is 3.25. The van der Waals surface area contributed by atoms with E-state index in [0.717, 1.165) is 12.3 Å². The van der Waals surface area contributed by atoms with Crippen molar-refractivity contribution in [3.8, 4) is 0 Å². The maximum atomic E-state index is 13.2. The normalized spacial score (nSPS) is 24.4. The highest BCUT2D eigenvalue weighted by Gasteiger charge is 2.39. The van der Waals surface area contributed by atoms with Gasteiger partial charge in [-0.1, -0.05) is 0 Å². The number of rotatable bonds is 3. The summed E-state index contributed by atoms with van der Waals surface area (Å²) in [6.07, 6.45) is 1.35. The van der Waals surface area contributed by atoms with Crippen LogP contribution < -0.4 is 10.6 Å². The minimum atomic E-state index is -3.13. The molecule has 0 bridgehead atoms. The van der Waals surface area contributed by atoms with E-state index in [4.69, 9.17) is 0 Å². The van der Waals surface area contributed by atoms with Gasteiger partial charge in [0, 0.05) is 7.05 Å². The predicted octanol–water partition coefficient (Wildman–Crippen LogP) is 0.569. The predicted molar refractivity (Wildman–Crippen MR) is 72.9 cm³/mol. The van der Waals surface area contributed by atoms with Crippen molar-refractivity contribution >= 4 is 21.6 Å².